The Morgan fingerprint density at radius 1 is 1.73 bits per heavy atom. The second-order valence-corrected chi connectivity index (χ2v) is 2.99. The molecule has 0 aliphatic heterocycles. The van der Waals surface area contributed by atoms with Crippen molar-refractivity contribution in [1.82, 2.24) is 4.98 Å². The van der Waals surface area contributed by atoms with E-state index in [0.717, 1.165) is 11.0 Å². The maximum atomic E-state index is 10.9. The summed E-state index contributed by atoms with van der Waals surface area (Å²) in [5.41, 5.74) is 0.576. The lowest BCUT2D eigenvalue weighted by molar-refractivity contribution is 0.101. The third-order valence-corrected chi connectivity index (χ3v) is 2.13. The first-order chi connectivity index (χ1) is 5.25. The average molecular weight is 188 g/mol. The molecule has 0 radical (unpaired) electrons. The van der Waals surface area contributed by atoms with Crippen LogP contribution in [-0.4, -0.2) is 10.8 Å². The van der Waals surface area contributed by atoms with Crippen LogP contribution in [0.5, 0.6) is 0 Å². The largest absolute Gasteiger partial charge is 0.294 e. The second kappa shape index (κ2) is 3.74. The number of carbonyl (C=O) groups excluding carboxylic acids is 1. The molecule has 0 saturated heterocycles. The van der Waals surface area contributed by atoms with Crippen molar-refractivity contribution in [2.75, 3.05) is 0 Å². The standard InChI is InChI=1S/C7H6ClNOS/c1-5(10)6-3-2-4-9-7(6)11-8/h2-4H,1H3. The van der Waals surface area contributed by atoms with Crippen molar-refractivity contribution < 1.29 is 4.79 Å². The van der Waals surface area contributed by atoms with Crippen molar-refractivity contribution in [3.8, 4) is 0 Å². The predicted molar refractivity (Wildman–Crippen MR) is 46.0 cm³/mol. The third-order valence-electron chi connectivity index (χ3n) is 1.22. The van der Waals surface area contributed by atoms with Crippen LogP contribution in [0.4, 0.5) is 0 Å². The molecule has 0 spiro atoms. The van der Waals surface area contributed by atoms with Gasteiger partial charge in [0.05, 0.1) is 5.56 Å². The summed E-state index contributed by atoms with van der Waals surface area (Å²) >= 11 is 0. The number of ketones is 1. The van der Waals surface area contributed by atoms with Gasteiger partial charge in [-0.25, -0.2) is 4.98 Å². The highest BCUT2D eigenvalue weighted by Crippen LogP contribution is 2.23. The minimum absolute atomic E-state index is 0.0127. The van der Waals surface area contributed by atoms with Gasteiger partial charge in [-0.2, -0.15) is 0 Å². The highest BCUT2D eigenvalue weighted by molar-refractivity contribution is 8.21. The van der Waals surface area contributed by atoms with E-state index in [9.17, 15) is 4.79 Å². The Kier molecular flexibility index (Phi) is 2.91. The quantitative estimate of drug-likeness (QED) is 0.667. The van der Waals surface area contributed by atoms with Crippen LogP contribution in [0.2, 0.25) is 0 Å². The minimum atomic E-state index is -0.0127. The molecule has 0 bridgehead atoms. The van der Waals surface area contributed by atoms with E-state index in [-0.39, 0.29) is 5.78 Å². The first-order valence-corrected chi connectivity index (χ1v) is 4.64. The Labute approximate surface area is 73.5 Å². The fourth-order valence-electron chi connectivity index (χ4n) is 0.720. The van der Waals surface area contributed by atoms with E-state index in [2.05, 4.69) is 4.98 Å². The maximum Gasteiger partial charge on any atom is 0.162 e. The molecule has 1 aromatic rings. The van der Waals surface area contributed by atoms with E-state index in [1.165, 1.54) is 6.92 Å². The van der Waals surface area contributed by atoms with E-state index in [1.54, 1.807) is 18.3 Å². The van der Waals surface area contributed by atoms with E-state index in [4.69, 9.17) is 10.7 Å². The number of hydrogen-bond donors (Lipinski definition) is 0. The molecule has 0 atom stereocenters. The zero-order valence-corrected chi connectivity index (χ0v) is 7.45. The highest BCUT2D eigenvalue weighted by atomic mass is 35.7. The van der Waals surface area contributed by atoms with Crippen LogP contribution >= 0.6 is 21.7 Å². The molecule has 0 N–H and O–H groups in total. The second-order valence-electron chi connectivity index (χ2n) is 1.99. The lowest BCUT2D eigenvalue weighted by atomic mass is 10.2. The Morgan fingerprint density at radius 2 is 2.45 bits per heavy atom. The van der Waals surface area contributed by atoms with Gasteiger partial charge in [-0.1, -0.05) is 0 Å². The van der Waals surface area contributed by atoms with Gasteiger partial charge in [0.2, 0.25) is 0 Å². The Balaban J connectivity index is 3.12. The van der Waals surface area contributed by atoms with Gasteiger partial charge in [0.1, 0.15) is 5.03 Å². The smallest absolute Gasteiger partial charge is 0.162 e. The summed E-state index contributed by atoms with van der Waals surface area (Å²) in [6.07, 6.45) is 1.61. The summed E-state index contributed by atoms with van der Waals surface area (Å²) in [6, 6.07) is 3.42. The molecular weight excluding hydrogens is 182 g/mol. The molecule has 1 rings (SSSR count). The molecule has 58 valence electrons. The fraction of sp³-hybridized carbons (Fsp3) is 0.143. The van der Waals surface area contributed by atoms with Gasteiger partial charge < -0.3 is 0 Å². The van der Waals surface area contributed by atoms with Crippen molar-refractivity contribution in [2.24, 2.45) is 0 Å². The summed E-state index contributed by atoms with van der Waals surface area (Å²) < 4.78 is 0. The fourth-order valence-corrected chi connectivity index (χ4v) is 1.48. The number of aromatic nitrogens is 1. The van der Waals surface area contributed by atoms with Crippen LogP contribution in [0.25, 0.3) is 0 Å². The number of halogens is 1. The summed E-state index contributed by atoms with van der Waals surface area (Å²) in [5, 5.41) is 0.571. The zero-order chi connectivity index (χ0) is 8.27. The first kappa shape index (κ1) is 8.56. The number of Topliss-reactive ketones (excluding diaryl/α,β-unsaturated/α-hetero) is 1. The first-order valence-electron chi connectivity index (χ1n) is 3.00. The van der Waals surface area contributed by atoms with E-state index >= 15 is 0 Å². The molecule has 0 fully saturated rings. The van der Waals surface area contributed by atoms with Crippen molar-refractivity contribution >= 4 is 27.4 Å². The van der Waals surface area contributed by atoms with Crippen molar-refractivity contribution in [2.45, 2.75) is 11.9 Å². The third kappa shape index (κ3) is 1.94. The molecule has 0 aliphatic carbocycles. The number of carbonyl (C=O) groups is 1. The van der Waals surface area contributed by atoms with Crippen LogP contribution in [-0.2, 0) is 0 Å². The number of hydrogen-bond acceptors (Lipinski definition) is 3. The zero-order valence-electron chi connectivity index (χ0n) is 5.87. The Morgan fingerprint density at radius 3 is 2.91 bits per heavy atom. The average Bonchev–Trinajstić information content (AvgIpc) is 2.04. The van der Waals surface area contributed by atoms with Crippen LogP contribution < -0.4 is 0 Å². The van der Waals surface area contributed by atoms with E-state index < -0.39 is 0 Å². The van der Waals surface area contributed by atoms with Gasteiger partial charge in [-0.3, -0.25) is 4.79 Å². The Bertz CT molecular complexity index is 277. The molecule has 4 heteroatoms. The number of pyridine rings is 1. The molecule has 11 heavy (non-hydrogen) atoms. The summed E-state index contributed by atoms with van der Waals surface area (Å²) in [4.78, 5) is 14.8. The van der Waals surface area contributed by atoms with Crippen LogP contribution in [0.3, 0.4) is 0 Å². The Hall–Kier alpha value is -0.540. The van der Waals surface area contributed by atoms with Crippen molar-refractivity contribution in [3.05, 3.63) is 23.9 Å². The van der Waals surface area contributed by atoms with Crippen molar-refractivity contribution in [1.29, 1.82) is 0 Å². The topological polar surface area (TPSA) is 30.0 Å². The normalized spacial score (nSPS) is 9.64. The molecule has 2 nitrogen and oxygen atoms in total. The SMILES string of the molecule is CC(=O)c1cccnc1SCl. The molecule has 0 unspecified atom stereocenters. The molecule has 1 heterocycles. The summed E-state index contributed by atoms with van der Waals surface area (Å²) in [5.74, 6) is -0.0127. The summed E-state index contributed by atoms with van der Waals surface area (Å²) in [6.45, 7) is 1.49. The summed E-state index contributed by atoms with van der Waals surface area (Å²) in [7, 11) is 6.44. The van der Waals surface area contributed by atoms with Gasteiger partial charge in [-0.15, -0.1) is 0 Å². The molecule has 0 aliphatic rings. The number of nitrogens with zero attached hydrogens (tertiary/aromatic N) is 1. The van der Waals surface area contributed by atoms with Crippen LogP contribution in [0, 0.1) is 0 Å². The van der Waals surface area contributed by atoms with Gasteiger partial charge in [0.25, 0.3) is 0 Å². The van der Waals surface area contributed by atoms with Gasteiger partial charge >= 0.3 is 0 Å². The monoisotopic (exact) mass is 187 g/mol. The predicted octanol–water partition coefficient (Wildman–Crippen LogP) is 2.53. The lowest BCUT2D eigenvalue weighted by Gasteiger charge is -1.98. The van der Waals surface area contributed by atoms with E-state index in [0.29, 0.717) is 10.6 Å². The maximum absolute atomic E-state index is 10.9. The van der Waals surface area contributed by atoms with Crippen LogP contribution in [0.15, 0.2) is 23.4 Å². The van der Waals surface area contributed by atoms with E-state index in [1.807, 2.05) is 0 Å². The van der Waals surface area contributed by atoms with Crippen molar-refractivity contribution in [3.63, 3.8) is 0 Å². The molecular formula is C7H6ClNOS. The molecule has 0 saturated carbocycles. The highest BCUT2D eigenvalue weighted by Gasteiger charge is 2.06. The van der Waals surface area contributed by atoms with Gasteiger partial charge in [0.15, 0.2) is 5.78 Å². The molecule has 1 aromatic heterocycles. The lowest BCUT2D eigenvalue weighted by Crippen LogP contribution is -1.95. The number of rotatable bonds is 2. The molecule has 0 amide bonds. The molecule has 0 aromatic carbocycles. The van der Waals surface area contributed by atoms with Crippen LogP contribution in [0.1, 0.15) is 17.3 Å². The minimum Gasteiger partial charge on any atom is -0.294 e. The van der Waals surface area contributed by atoms with Gasteiger partial charge in [-0.05, 0) is 29.7 Å². The van der Waals surface area contributed by atoms with Gasteiger partial charge in [0, 0.05) is 17.2 Å².